The monoisotopic (exact) mass is 636 g/mol. The van der Waals surface area contributed by atoms with Gasteiger partial charge in [-0.1, -0.05) is 78.9 Å². The molecule has 242 valence electrons. The normalized spacial score (nSPS) is 15.3. The second kappa shape index (κ2) is 12.7. The number of fused-ring (bicyclic) bond motifs is 3. The molecule has 1 fully saturated rings. The molecule has 4 heterocycles. The lowest BCUT2D eigenvalue weighted by Crippen LogP contribution is -2.59. The van der Waals surface area contributed by atoms with Gasteiger partial charge in [-0.25, -0.2) is 0 Å². The summed E-state index contributed by atoms with van der Waals surface area (Å²) in [5, 5.41) is 21.1. The summed E-state index contributed by atoms with van der Waals surface area (Å²) in [6.07, 6.45) is 7.33. The van der Waals surface area contributed by atoms with Crippen LogP contribution in [-0.4, -0.2) is 49.3 Å². The summed E-state index contributed by atoms with van der Waals surface area (Å²) in [5.74, 6) is 1.47. The van der Waals surface area contributed by atoms with E-state index in [1.54, 1.807) is 0 Å². The Morgan fingerprint density at radius 2 is 1.42 bits per heavy atom. The molecule has 7 aromatic rings. The van der Waals surface area contributed by atoms with Crippen LogP contribution in [0.4, 0.5) is 0 Å². The highest BCUT2D eigenvalue weighted by Crippen LogP contribution is 2.28. The van der Waals surface area contributed by atoms with Gasteiger partial charge in [0.1, 0.15) is 5.82 Å². The summed E-state index contributed by atoms with van der Waals surface area (Å²) >= 11 is 0. The second-order valence-electron chi connectivity index (χ2n) is 13.1. The van der Waals surface area contributed by atoms with Gasteiger partial charge in [-0.2, -0.15) is 0 Å². The van der Waals surface area contributed by atoms with Gasteiger partial charge in [-0.3, -0.25) is 4.79 Å². The molecular formula is C39H40N8O. The van der Waals surface area contributed by atoms with Gasteiger partial charge in [0.25, 0.3) is 0 Å². The maximum absolute atomic E-state index is 14.0. The first-order valence-electron chi connectivity index (χ1n) is 16.8. The van der Waals surface area contributed by atoms with Gasteiger partial charge in [0.15, 0.2) is 5.82 Å². The maximum Gasteiger partial charge on any atom is 0.240 e. The third-order valence-electron chi connectivity index (χ3n) is 10.0. The number of rotatable bonds is 10. The fourth-order valence-electron chi connectivity index (χ4n) is 7.28. The molecule has 1 aliphatic rings. The number of aromatic amines is 2. The summed E-state index contributed by atoms with van der Waals surface area (Å²) in [6.45, 7) is 2.00. The number of carbonyl (C=O) groups is 1. The number of nitrogens with zero attached hydrogens (tertiary/aromatic N) is 3. The zero-order valence-corrected chi connectivity index (χ0v) is 26.9. The molecule has 48 heavy (non-hydrogen) atoms. The van der Waals surface area contributed by atoms with Crippen molar-refractivity contribution in [2.45, 2.75) is 50.2 Å². The van der Waals surface area contributed by atoms with Crippen molar-refractivity contribution in [3.05, 3.63) is 132 Å². The minimum absolute atomic E-state index is 0.145. The van der Waals surface area contributed by atoms with Crippen LogP contribution in [0.15, 0.2) is 103 Å². The molecule has 0 unspecified atom stereocenters. The van der Waals surface area contributed by atoms with Crippen molar-refractivity contribution in [3.8, 4) is 0 Å². The predicted octanol–water partition coefficient (Wildman–Crippen LogP) is 5.71. The zero-order valence-electron chi connectivity index (χ0n) is 26.9. The molecule has 0 spiro atoms. The molecule has 0 saturated carbocycles. The first-order valence-corrected chi connectivity index (χ1v) is 16.8. The van der Waals surface area contributed by atoms with Crippen LogP contribution in [-0.2, 0) is 30.6 Å². The molecular weight excluding hydrogens is 596 g/mol. The summed E-state index contributed by atoms with van der Waals surface area (Å²) in [6, 6.07) is 31.1. The van der Waals surface area contributed by atoms with Gasteiger partial charge in [0.2, 0.25) is 5.91 Å². The predicted molar refractivity (Wildman–Crippen MR) is 191 cm³/mol. The lowest BCUT2D eigenvalue weighted by molar-refractivity contribution is -0.128. The van der Waals surface area contributed by atoms with E-state index in [-0.39, 0.29) is 5.91 Å². The van der Waals surface area contributed by atoms with E-state index in [1.807, 2.05) is 24.4 Å². The fourth-order valence-corrected chi connectivity index (χ4v) is 7.28. The van der Waals surface area contributed by atoms with Crippen molar-refractivity contribution in [1.29, 1.82) is 0 Å². The van der Waals surface area contributed by atoms with Crippen LogP contribution in [0.25, 0.3) is 32.6 Å². The highest BCUT2D eigenvalue weighted by molar-refractivity contribution is 5.88. The molecule has 6 N–H and O–H groups in total. The molecule has 1 saturated heterocycles. The summed E-state index contributed by atoms with van der Waals surface area (Å²) in [5.41, 5.74) is 11.5. The van der Waals surface area contributed by atoms with Gasteiger partial charge in [-0.05, 0) is 71.9 Å². The van der Waals surface area contributed by atoms with E-state index in [4.69, 9.17) is 15.9 Å². The summed E-state index contributed by atoms with van der Waals surface area (Å²) in [4.78, 5) is 20.8. The van der Waals surface area contributed by atoms with E-state index < -0.39 is 11.6 Å². The Labute approximate surface area is 279 Å². The number of carbonyl (C=O) groups excluding carboxylic acids is 1. The van der Waals surface area contributed by atoms with Crippen molar-refractivity contribution >= 4 is 38.5 Å². The van der Waals surface area contributed by atoms with Crippen LogP contribution in [0, 0.1) is 0 Å². The number of hydrogen-bond acceptors (Lipinski definition) is 5. The molecule has 9 nitrogen and oxygen atoms in total. The molecule has 9 heteroatoms. The SMILES string of the molecule is NC1(C(=O)N[C@H](Cc2c[nH]c3ccccc23)c2nnc(CCc3c[nH]c4ccccc34)n2Cc2cccc3ccccc23)CCNCC1. The number of benzene rings is 4. The Hall–Kier alpha value is -5.25. The lowest BCUT2D eigenvalue weighted by atomic mass is 9.88. The van der Waals surface area contributed by atoms with Gasteiger partial charge in [-0.15, -0.1) is 10.2 Å². The average Bonchev–Trinajstić information content (AvgIpc) is 3.84. The maximum atomic E-state index is 14.0. The third kappa shape index (κ3) is 5.76. The van der Waals surface area contributed by atoms with Crippen LogP contribution in [0.5, 0.6) is 0 Å². The Morgan fingerprint density at radius 1 is 0.771 bits per heavy atom. The molecule has 4 aromatic carbocycles. The number of H-pyrrole nitrogens is 2. The average molecular weight is 637 g/mol. The van der Waals surface area contributed by atoms with Gasteiger partial charge in [0.05, 0.1) is 18.1 Å². The fraction of sp³-hybridized carbons (Fsp3) is 0.256. The van der Waals surface area contributed by atoms with E-state index >= 15 is 0 Å². The quantitative estimate of drug-likeness (QED) is 0.131. The summed E-state index contributed by atoms with van der Waals surface area (Å²) < 4.78 is 2.22. The van der Waals surface area contributed by atoms with Crippen molar-refractivity contribution in [1.82, 2.24) is 35.4 Å². The first-order chi connectivity index (χ1) is 23.6. The van der Waals surface area contributed by atoms with E-state index in [0.717, 1.165) is 40.1 Å². The number of piperidine rings is 1. The molecule has 1 amide bonds. The van der Waals surface area contributed by atoms with Gasteiger partial charge < -0.3 is 30.9 Å². The Morgan fingerprint density at radius 3 is 2.19 bits per heavy atom. The highest BCUT2D eigenvalue weighted by Gasteiger charge is 2.37. The lowest BCUT2D eigenvalue weighted by Gasteiger charge is -2.34. The number of para-hydroxylation sites is 2. The number of amides is 1. The number of nitrogens with one attached hydrogen (secondary N) is 4. The van der Waals surface area contributed by atoms with Crippen LogP contribution < -0.4 is 16.4 Å². The number of nitrogens with two attached hydrogens (primary N) is 1. The van der Waals surface area contributed by atoms with Crippen LogP contribution >= 0.6 is 0 Å². The minimum Gasteiger partial charge on any atom is -0.361 e. The van der Waals surface area contributed by atoms with Crippen molar-refractivity contribution in [2.75, 3.05) is 13.1 Å². The Bertz CT molecular complexity index is 2210. The molecule has 1 aliphatic heterocycles. The second-order valence-corrected chi connectivity index (χ2v) is 13.1. The van der Waals surface area contributed by atoms with Crippen LogP contribution in [0.2, 0.25) is 0 Å². The van der Waals surface area contributed by atoms with Crippen molar-refractivity contribution in [3.63, 3.8) is 0 Å². The standard InChI is InChI=1S/C39H40N8O/c40-39(18-20-41-21-19-39)38(48)44-35(22-29-24-43-34-15-6-4-13-32(29)34)37-46-45-36(17-16-27-23-42-33-14-5-3-12-31(27)33)47(37)25-28-10-7-9-26-8-1-2-11-30(26)28/h1-15,23-24,35,41-43H,16-22,25,40H2,(H,44,48)/t35-/m1/s1. The number of aryl methyl sites for hydroxylation is 2. The highest BCUT2D eigenvalue weighted by atomic mass is 16.2. The van der Waals surface area contributed by atoms with E-state index in [9.17, 15) is 4.79 Å². The largest absolute Gasteiger partial charge is 0.361 e. The van der Waals surface area contributed by atoms with Crippen LogP contribution in [0.3, 0.4) is 0 Å². The molecule has 1 atom stereocenters. The third-order valence-corrected chi connectivity index (χ3v) is 10.0. The molecule has 0 bridgehead atoms. The molecule has 0 aliphatic carbocycles. The van der Waals surface area contributed by atoms with E-state index in [0.29, 0.717) is 45.3 Å². The van der Waals surface area contributed by atoms with Crippen molar-refractivity contribution in [2.24, 2.45) is 5.73 Å². The topological polar surface area (TPSA) is 129 Å². The van der Waals surface area contributed by atoms with Crippen molar-refractivity contribution < 1.29 is 4.79 Å². The molecule has 3 aromatic heterocycles. The van der Waals surface area contributed by atoms with Gasteiger partial charge in [0, 0.05) is 47.0 Å². The van der Waals surface area contributed by atoms with E-state index in [2.05, 4.69) is 104 Å². The zero-order chi connectivity index (χ0) is 32.5. The van der Waals surface area contributed by atoms with E-state index in [1.165, 1.54) is 27.3 Å². The van der Waals surface area contributed by atoms with Crippen LogP contribution in [0.1, 0.15) is 47.2 Å². The number of aromatic nitrogens is 5. The Kier molecular flexibility index (Phi) is 7.99. The Balaban J connectivity index is 1.20. The number of hydrogen-bond donors (Lipinski definition) is 5. The summed E-state index contributed by atoms with van der Waals surface area (Å²) in [7, 11) is 0. The smallest absolute Gasteiger partial charge is 0.240 e. The van der Waals surface area contributed by atoms with Gasteiger partial charge >= 0.3 is 0 Å². The minimum atomic E-state index is -0.942. The first kappa shape index (κ1) is 30.1. The molecule has 0 radical (unpaired) electrons. The molecule has 8 rings (SSSR count).